The molecule has 0 aromatic heterocycles. The molecule has 1 heterocycles. The first kappa shape index (κ1) is 15.9. The molecule has 110 valence electrons. The highest BCUT2D eigenvalue weighted by Crippen LogP contribution is 2.10. The van der Waals surface area contributed by atoms with Crippen molar-refractivity contribution in [3.8, 4) is 0 Å². The summed E-state index contributed by atoms with van der Waals surface area (Å²) in [6.07, 6.45) is 0. The molecule has 6 heteroatoms. The van der Waals surface area contributed by atoms with Gasteiger partial charge in [-0.1, -0.05) is 6.92 Å². The Labute approximate surface area is 115 Å². The van der Waals surface area contributed by atoms with E-state index in [0.717, 1.165) is 0 Å². The van der Waals surface area contributed by atoms with Gasteiger partial charge in [0.05, 0.1) is 12.5 Å². The van der Waals surface area contributed by atoms with Crippen LogP contribution in [0.25, 0.3) is 0 Å². The highest BCUT2D eigenvalue weighted by molar-refractivity contribution is 5.81. The van der Waals surface area contributed by atoms with Crippen LogP contribution >= 0.6 is 0 Å². The molecule has 6 nitrogen and oxygen atoms in total. The van der Waals surface area contributed by atoms with Crippen molar-refractivity contribution in [2.45, 2.75) is 19.9 Å². The number of amides is 2. The molecule has 1 fully saturated rings. The number of likely N-dealkylation sites (N-methyl/N-ethyl adjacent to an activating group) is 1. The van der Waals surface area contributed by atoms with Crippen molar-refractivity contribution in [2.24, 2.45) is 11.7 Å². The SMILES string of the molecule is CC(N)C(C)C(=O)N1CCN(C(=O)CN(C)C)CC1. The van der Waals surface area contributed by atoms with Gasteiger partial charge in [-0.3, -0.25) is 9.59 Å². The Morgan fingerprint density at radius 2 is 1.58 bits per heavy atom. The van der Waals surface area contributed by atoms with E-state index in [1.54, 1.807) is 0 Å². The van der Waals surface area contributed by atoms with Crippen LogP contribution in [0.1, 0.15) is 13.8 Å². The Morgan fingerprint density at radius 1 is 1.11 bits per heavy atom. The number of piperazine rings is 1. The van der Waals surface area contributed by atoms with E-state index in [4.69, 9.17) is 5.73 Å². The Hall–Kier alpha value is -1.14. The third kappa shape index (κ3) is 4.47. The van der Waals surface area contributed by atoms with Crippen LogP contribution in [0.5, 0.6) is 0 Å². The van der Waals surface area contributed by atoms with Crippen LogP contribution in [0, 0.1) is 5.92 Å². The summed E-state index contributed by atoms with van der Waals surface area (Å²) in [4.78, 5) is 29.5. The van der Waals surface area contributed by atoms with Gasteiger partial charge in [0.25, 0.3) is 0 Å². The Morgan fingerprint density at radius 3 is 2.00 bits per heavy atom. The zero-order chi connectivity index (χ0) is 14.6. The first-order chi connectivity index (χ1) is 8.82. The van der Waals surface area contributed by atoms with Gasteiger partial charge in [0.1, 0.15) is 0 Å². The predicted octanol–water partition coefficient (Wildman–Crippen LogP) is -0.798. The van der Waals surface area contributed by atoms with E-state index >= 15 is 0 Å². The number of hydrogen-bond donors (Lipinski definition) is 1. The van der Waals surface area contributed by atoms with Gasteiger partial charge in [-0.25, -0.2) is 0 Å². The highest BCUT2D eigenvalue weighted by atomic mass is 16.2. The molecule has 1 aliphatic rings. The molecule has 1 rings (SSSR count). The summed E-state index contributed by atoms with van der Waals surface area (Å²) in [6.45, 7) is 6.57. The molecule has 0 aromatic carbocycles. The summed E-state index contributed by atoms with van der Waals surface area (Å²) in [5.41, 5.74) is 5.76. The van der Waals surface area contributed by atoms with Crippen LogP contribution in [0.3, 0.4) is 0 Å². The van der Waals surface area contributed by atoms with Crippen LogP contribution in [-0.4, -0.2) is 79.4 Å². The molecular weight excluding hydrogens is 244 g/mol. The van der Waals surface area contributed by atoms with Crippen molar-refractivity contribution >= 4 is 11.8 Å². The minimum Gasteiger partial charge on any atom is -0.339 e. The molecule has 0 bridgehead atoms. The van der Waals surface area contributed by atoms with Gasteiger partial charge in [0.15, 0.2) is 0 Å². The molecule has 2 amide bonds. The molecule has 2 N–H and O–H groups in total. The number of carbonyl (C=O) groups excluding carboxylic acids is 2. The fraction of sp³-hybridized carbons (Fsp3) is 0.846. The summed E-state index contributed by atoms with van der Waals surface area (Å²) in [7, 11) is 3.75. The maximum absolute atomic E-state index is 12.1. The molecule has 2 unspecified atom stereocenters. The first-order valence-corrected chi connectivity index (χ1v) is 6.79. The summed E-state index contributed by atoms with van der Waals surface area (Å²) in [5, 5.41) is 0. The second kappa shape index (κ2) is 6.86. The lowest BCUT2D eigenvalue weighted by Crippen LogP contribution is -2.54. The van der Waals surface area contributed by atoms with Gasteiger partial charge >= 0.3 is 0 Å². The van der Waals surface area contributed by atoms with Crippen molar-refractivity contribution < 1.29 is 9.59 Å². The number of rotatable bonds is 4. The van der Waals surface area contributed by atoms with Gasteiger partial charge in [0, 0.05) is 32.2 Å². The van der Waals surface area contributed by atoms with E-state index in [2.05, 4.69) is 0 Å². The summed E-state index contributed by atoms with van der Waals surface area (Å²) >= 11 is 0. The first-order valence-electron chi connectivity index (χ1n) is 6.79. The van der Waals surface area contributed by atoms with E-state index in [0.29, 0.717) is 32.7 Å². The topological polar surface area (TPSA) is 69.9 Å². The molecule has 1 saturated heterocycles. The molecule has 0 spiro atoms. The number of nitrogens with two attached hydrogens (primary N) is 1. The molecule has 0 aromatic rings. The molecule has 0 radical (unpaired) electrons. The van der Waals surface area contributed by atoms with Gasteiger partial charge < -0.3 is 20.4 Å². The molecular formula is C13H26N4O2. The summed E-state index contributed by atoms with van der Waals surface area (Å²) < 4.78 is 0. The fourth-order valence-corrected chi connectivity index (χ4v) is 2.06. The molecule has 0 aliphatic carbocycles. The normalized spacial score (nSPS) is 19.5. The van der Waals surface area contributed by atoms with Crippen LogP contribution in [0.4, 0.5) is 0 Å². The van der Waals surface area contributed by atoms with Crippen molar-refractivity contribution in [2.75, 3.05) is 46.8 Å². The highest BCUT2D eigenvalue weighted by Gasteiger charge is 2.28. The lowest BCUT2D eigenvalue weighted by Gasteiger charge is -2.36. The Bertz CT molecular complexity index is 323. The van der Waals surface area contributed by atoms with Crippen molar-refractivity contribution in [3.63, 3.8) is 0 Å². The Kier molecular flexibility index (Phi) is 5.75. The zero-order valence-electron chi connectivity index (χ0n) is 12.4. The lowest BCUT2D eigenvalue weighted by molar-refractivity contribution is -0.142. The van der Waals surface area contributed by atoms with Gasteiger partial charge in [0.2, 0.25) is 11.8 Å². The van der Waals surface area contributed by atoms with Gasteiger partial charge in [-0.05, 0) is 21.0 Å². The minimum atomic E-state index is -0.163. The summed E-state index contributed by atoms with van der Waals surface area (Å²) in [6, 6.07) is -0.138. The van der Waals surface area contributed by atoms with Crippen molar-refractivity contribution in [1.82, 2.24) is 14.7 Å². The van der Waals surface area contributed by atoms with E-state index < -0.39 is 0 Å². The monoisotopic (exact) mass is 270 g/mol. The van der Waals surface area contributed by atoms with Crippen molar-refractivity contribution in [1.29, 1.82) is 0 Å². The molecule has 19 heavy (non-hydrogen) atoms. The van der Waals surface area contributed by atoms with E-state index in [1.807, 2.05) is 42.6 Å². The number of hydrogen-bond acceptors (Lipinski definition) is 4. The molecule has 1 aliphatic heterocycles. The minimum absolute atomic E-state index is 0.0923. The van der Waals surface area contributed by atoms with E-state index in [1.165, 1.54) is 0 Å². The fourth-order valence-electron chi connectivity index (χ4n) is 2.06. The smallest absolute Gasteiger partial charge is 0.236 e. The van der Waals surface area contributed by atoms with E-state index in [-0.39, 0.29) is 23.8 Å². The maximum atomic E-state index is 12.1. The lowest BCUT2D eigenvalue weighted by atomic mass is 10.0. The third-order valence-electron chi connectivity index (χ3n) is 3.57. The van der Waals surface area contributed by atoms with Crippen LogP contribution < -0.4 is 5.73 Å². The third-order valence-corrected chi connectivity index (χ3v) is 3.57. The number of nitrogens with zero attached hydrogens (tertiary/aromatic N) is 3. The largest absolute Gasteiger partial charge is 0.339 e. The Balaban J connectivity index is 2.45. The molecule has 0 saturated carbocycles. The van der Waals surface area contributed by atoms with Gasteiger partial charge in [-0.15, -0.1) is 0 Å². The predicted molar refractivity (Wildman–Crippen MR) is 74.5 cm³/mol. The number of carbonyl (C=O) groups is 2. The second-order valence-corrected chi connectivity index (χ2v) is 5.59. The standard InChI is InChI=1S/C13H26N4O2/c1-10(11(2)14)13(19)17-7-5-16(6-8-17)12(18)9-15(3)4/h10-11H,5-9,14H2,1-4H3. The van der Waals surface area contributed by atoms with Crippen molar-refractivity contribution in [3.05, 3.63) is 0 Å². The van der Waals surface area contributed by atoms with Crippen LogP contribution in [0.2, 0.25) is 0 Å². The second-order valence-electron chi connectivity index (χ2n) is 5.59. The van der Waals surface area contributed by atoms with Gasteiger partial charge in [-0.2, -0.15) is 0 Å². The van der Waals surface area contributed by atoms with Crippen LogP contribution in [0.15, 0.2) is 0 Å². The van der Waals surface area contributed by atoms with E-state index in [9.17, 15) is 9.59 Å². The average molecular weight is 270 g/mol. The average Bonchev–Trinajstić information content (AvgIpc) is 2.36. The zero-order valence-corrected chi connectivity index (χ0v) is 12.4. The molecule has 2 atom stereocenters. The quantitative estimate of drug-likeness (QED) is 0.726. The summed E-state index contributed by atoms with van der Waals surface area (Å²) in [5.74, 6) is 0.0519. The maximum Gasteiger partial charge on any atom is 0.236 e. The van der Waals surface area contributed by atoms with Crippen LogP contribution in [-0.2, 0) is 9.59 Å².